The van der Waals surface area contributed by atoms with Crippen LogP contribution in [0.2, 0.25) is 0 Å². The van der Waals surface area contributed by atoms with Gasteiger partial charge in [0.1, 0.15) is 5.70 Å². The van der Waals surface area contributed by atoms with Crippen molar-refractivity contribution in [3.63, 3.8) is 0 Å². The predicted molar refractivity (Wildman–Crippen MR) is 114 cm³/mol. The van der Waals surface area contributed by atoms with Gasteiger partial charge in [-0.25, -0.2) is 0 Å². The highest BCUT2D eigenvalue weighted by molar-refractivity contribution is 6.11. The van der Waals surface area contributed by atoms with Crippen molar-refractivity contribution in [1.82, 2.24) is 5.32 Å². The molecular weight excluding hydrogens is 368 g/mol. The van der Waals surface area contributed by atoms with Crippen molar-refractivity contribution in [2.75, 3.05) is 19.5 Å². The minimum absolute atomic E-state index is 0.123. The van der Waals surface area contributed by atoms with Crippen molar-refractivity contribution in [2.45, 2.75) is 6.92 Å². The number of carbonyl (C=O) groups excluding carboxylic acids is 2. The van der Waals surface area contributed by atoms with E-state index in [1.165, 1.54) is 14.0 Å². The lowest BCUT2D eigenvalue weighted by Gasteiger charge is -2.12. The van der Waals surface area contributed by atoms with Crippen LogP contribution in [0, 0.1) is 0 Å². The van der Waals surface area contributed by atoms with Gasteiger partial charge in [0.15, 0.2) is 11.5 Å². The van der Waals surface area contributed by atoms with E-state index in [1.807, 2.05) is 42.5 Å². The third-order valence-electron chi connectivity index (χ3n) is 4.31. The molecule has 0 spiro atoms. The summed E-state index contributed by atoms with van der Waals surface area (Å²) in [5.74, 6) is 0.333. The van der Waals surface area contributed by atoms with E-state index in [9.17, 15) is 9.59 Å². The van der Waals surface area contributed by atoms with E-state index < -0.39 is 5.91 Å². The molecule has 0 aliphatic heterocycles. The van der Waals surface area contributed by atoms with Crippen molar-refractivity contribution < 1.29 is 19.1 Å². The Hall–Kier alpha value is -3.80. The summed E-state index contributed by atoms with van der Waals surface area (Å²) < 4.78 is 10.5. The topological polar surface area (TPSA) is 76.7 Å². The number of nitrogens with one attached hydrogen (secondary N) is 2. The third-order valence-corrected chi connectivity index (χ3v) is 4.31. The molecule has 29 heavy (non-hydrogen) atoms. The number of hydrogen-bond acceptors (Lipinski definition) is 4. The fraction of sp³-hybridized carbons (Fsp3) is 0.130. The second-order valence-electron chi connectivity index (χ2n) is 6.33. The first-order valence-corrected chi connectivity index (χ1v) is 9.02. The standard InChI is InChI=1S/C23H22N2O4/c1-15(26)24-20(13-16-11-12-21(28-2)22(14-16)29-3)23(27)25-19-10-6-8-17-7-4-5-9-18(17)19/h4-14H,1-3H3,(H,24,26)(H,25,27)/b20-13-. The van der Waals surface area contributed by atoms with Crippen molar-refractivity contribution in [1.29, 1.82) is 0 Å². The molecule has 148 valence electrons. The lowest BCUT2D eigenvalue weighted by atomic mass is 10.1. The van der Waals surface area contributed by atoms with Crippen molar-refractivity contribution in [2.24, 2.45) is 0 Å². The summed E-state index contributed by atoms with van der Waals surface area (Å²) in [6, 6.07) is 18.6. The highest BCUT2D eigenvalue weighted by Gasteiger charge is 2.14. The number of carbonyl (C=O) groups is 2. The normalized spacial score (nSPS) is 11.1. The molecule has 0 heterocycles. The number of amides is 2. The average Bonchev–Trinajstić information content (AvgIpc) is 2.73. The van der Waals surface area contributed by atoms with Crippen LogP contribution in [0.3, 0.4) is 0 Å². The quantitative estimate of drug-likeness (QED) is 0.625. The zero-order chi connectivity index (χ0) is 20.8. The van der Waals surface area contributed by atoms with Gasteiger partial charge in [-0.1, -0.05) is 42.5 Å². The highest BCUT2D eigenvalue weighted by atomic mass is 16.5. The number of fused-ring (bicyclic) bond motifs is 1. The van der Waals surface area contributed by atoms with Gasteiger partial charge in [0.25, 0.3) is 5.91 Å². The number of methoxy groups -OCH3 is 2. The van der Waals surface area contributed by atoms with Crippen molar-refractivity contribution >= 4 is 34.4 Å². The van der Waals surface area contributed by atoms with E-state index in [-0.39, 0.29) is 11.6 Å². The van der Waals surface area contributed by atoms with Crippen LogP contribution >= 0.6 is 0 Å². The molecule has 0 atom stereocenters. The van der Waals surface area contributed by atoms with Crippen LogP contribution in [0.4, 0.5) is 5.69 Å². The van der Waals surface area contributed by atoms with Gasteiger partial charge < -0.3 is 20.1 Å². The summed E-state index contributed by atoms with van der Waals surface area (Å²) >= 11 is 0. The molecule has 0 saturated heterocycles. The molecule has 0 radical (unpaired) electrons. The molecule has 3 aromatic carbocycles. The van der Waals surface area contributed by atoms with Gasteiger partial charge in [-0.15, -0.1) is 0 Å². The Morgan fingerprint density at radius 1 is 0.897 bits per heavy atom. The smallest absolute Gasteiger partial charge is 0.272 e. The average molecular weight is 390 g/mol. The lowest BCUT2D eigenvalue weighted by Crippen LogP contribution is -2.29. The molecule has 0 aromatic heterocycles. The number of anilines is 1. The minimum atomic E-state index is -0.425. The van der Waals surface area contributed by atoms with Crippen molar-refractivity contribution in [3.8, 4) is 11.5 Å². The van der Waals surface area contributed by atoms with Gasteiger partial charge in [-0.05, 0) is 35.2 Å². The van der Waals surface area contributed by atoms with Crippen molar-refractivity contribution in [3.05, 3.63) is 71.9 Å². The van der Waals surface area contributed by atoms with Crippen LogP contribution in [0.5, 0.6) is 11.5 Å². The lowest BCUT2D eigenvalue weighted by molar-refractivity contribution is -0.120. The number of hydrogen-bond donors (Lipinski definition) is 2. The van der Waals surface area contributed by atoms with E-state index in [2.05, 4.69) is 10.6 Å². The summed E-state index contributed by atoms with van der Waals surface area (Å²) in [5.41, 5.74) is 1.47. The molecule has 0 saturated carbocycles. The molecule has 3 rings (SSSR count). The Kier molecular flexibility index (Phi) is 6.14. The molecule has 6 heteroatoms. The fourth-order valence-electron chi connectivity index (χ4n) is 2.98. The van der Waals surface area contributed by atoms with E-state index >= 15 is 0 Å². The molecule has 6 nitrogen and oxygen atoms in total. The molecule has 2 amide bonds. The first-order valence-electron chi connectivity index (χ1n) is 9.02. The summed E-state index contributed by atoms with van der Waals surface area (Å²) in [7, 11) is 3.08. The molecule has 0 unspecified atom stereocenters. The maximum atomic E-state index is 12.9. The second kappa shape index (κ2) is 8.93. The van der Waals surface area contributed by atoms with E-state index in [0.29, 0.717) is 22.7 Å². The molecule has 0 fully saturated rings. The predicted octanol–water partition coefficient (Wildman–Crippen LogP) is 3.97. The van der Waals surface area contributed by atoms with Crippen LogP contribution in [-0.2, 0) is 9.59 Å². The van der Waals surface area contributed by atoms with Crippen LogP contribution < -0.4 is 20.1 Å². The van der Waals surface area contributed by atoms with E-state index in [0.717, 1.165) is 10.8 Å². The summed E-state index contributed by atoms with van der Waals surface area (Å²) in [6.45, 7) is 1.35. The van der Waals surface area contributed by atoms with Gasteiger partial charge in [0, 0.05) is 18.0 Å². The highest BCUT2D eigenvalue weighted by Crippen LogP contribution is 2.28. The second-order valence-corrected chi connectivity index (χ2v) is 6.33. The van der Waals surface area contributed by atoms with Gasteiger partial charge in [0.2, 0.25) is 5.91 Å². The molecule has 0 aliphatic carbocycles. The summed E-state index contributed by atoms with van der Waals surface area (Å²) in [4.78, 5) is 24.6. The Bertz CT molecular complexity index is 1080. The summed E-state index contributed by atoms with van der Waals surface area (Å²) in [5, 5.41) is 7.41. The molecular formula is C23H22N2O4. The van der Waals surface area contributed by atoms with Crippen LogP contribution in [0.15, 0.2) is 66.4 Å². The maximum Gasteiger partial charge on any atom is 0.272 e. The Labute approximate surface area is 169 Å². The SMILES string of the molecule is COc1ccc(/C=C(\NC(C)=O)C(=O)Nc2cccc3ccccc23)cc1OC. The maximum absolute atomic E-state index is 12.9. The monoisotopic (exact) mass is 390 g/mol. The Morgan fingerprint density at radius 3 is 2.34 bits per heavy atom. The summed E-state index contributed by atoms with van der Waals surface area (Å²) in [6.07, 6.45) is 1.59. The largest absolute Gasteiger partial charge is 0.493 e. The first kappa shape index (κ1) is 19.9. The number of benzene rings is 3. The Balaban J connectivity index is 1.95. The number of ether oxygens (including phenoxy) is 2. The molecule has 0 aliphatic rings. The van der Waals surface area contributed by atoms with E-state index in [4.69, 9.17) is 9.47 Å². The zero-order valence-electron chi connectivity index (χ0n) is 16.5. The van der Waals surface area contributed by atoms with Gasteiger partial charge in [-0.3, -0.25) is 9.59 Å². The minimum Gasteiger partial charge on any atom is -0.493 e. The number of rotatable bonds is 6. The third kappa shape index (κ3) is 4.73. The fourth-order valence-corrected chi connectivity index (χ4v) is 2.98. The zero-order valence-corrected chi connectivity index (χ0v) is 16.5. The van der Waals surface area contributed by atoms with Crippen LogP contribution in [0.25, 0.3) is 16.8 Å². The van der Waals surface area contributed by atoms with Gasteiger partial charge in [-0.2, -0.15) is 0 Å². The molecule has 2 N–H and O–H groups in total. The molecule has 0 bridgehead atoms. The van der Waals surface area contributed by atoms with Crippen LogP contribution in [-0.4, -0.2) is 26.0 Å². The Morgan fingerprint density at radius 2 is 1.62 bits per heavy atom. The van der Waals surface area contributed by atoms with Gasteiger partial charge >= 0.3 is 0 Å². The van der Waals surface area contributed by atoms with Gasteiger partial charge in [0.05, 0.1) is 14.2 Å². The van der Waals surface area contributed by atoms with E-state index in [1.54, 1.807) is 31.4 Å². The van der Waals surface area contributed by atoms with Crippen LogP contribution in [0.1, 0.15) is 12.5 Å². The molecule has 3 aromatic rings. The first-order chi connectivity index (χ1) is 14.0.